The van der Waals surface area contributed by atoms with Gasteiger partial charge in [0.2, 0.25) is 5.95 Å². The van der Waals surface area contributed by atoms with Gasteiger partial charge in [0, 0.05) is 46.4 Å². The largest absolute Gasteiger partial charge is 0.377 e. The van der Waals surface area contributed by atoms with Crippen LogP contribution in [-0.2, 0) is 31.5 Å². The van der Waals surface area contributed by atoms with Gasteiger partial charge in [0.15, 0.2) is 11.2 Å². The SMILES string of the molecule is CC#CCn1c(N2CCNCC2)nc2c1c(=O)n(C)c(=O)n2CCCOCc1ccccc1. The van der Waals surface area contributed by atoms with Crippen LogP contribution in [0.5, 0.6) is 0 Å². The van der Waals surface area contributed by atoms with E-state index in [9.17, 15) is 9.59 Å². The molecule has 0 unspecified atom stereocenters. The van der Waals surface area contributed by atoms with Gasteiger partial charge >= 0.3 is 5.69 Å². The van der Waals surface area contributed by atoms with E-state index in [0.29, 0.717) is 49.8 Å². The van der Waals surface area contributed by atoms with Crippen LogP contribution >= 0.6 is 0 Å². The number of benzene rings is 1. The van der Waals surface area contributed by atoms with Gasteiger partial charge < -0.3 is 15.0 Å². The summed E-state index contributed by atoms with van der Waals surface area (Å²) in [4.78, 5) is 33.0. The monoisotopic (exact) mass is 450 g/mol. The topological polar surface area (TPSA) is 86.3 Å². The van der Waals surface area contributed by atoms with Crippen LogP contribution in [0.3, 0.4) is 0 Å². The molecule has 3 heterocycles. The summed E-state index contributed by atoms with van der Waals surface area (Å²) in [7, 11) is 1.51. The summed E-state index contributed by atoms with van der Waals surface area (Å²) in [5.41, 5.74) is 1.22. The fourth-order valence-corrected chi connectivity index (χ4v) is 4.05. The highest BCUT2D eigenvalue weighted by Gasteiger charge is 2.24. The maximum absolute atomic E-state index is 13.1. The third kappa shape index (κ3) is 4.87. The van der Waals surface area contributed by atoms with E-state index in [2.05, 4.69) is 22.1 Å². The molecule has 9 heteroatoms. The molecule has 1 aromatic carbocycles. The molecule has 1 saturated heterocycles. The van der Waals surface area contributed by atoms with Crippen molar-refractivity contribution in [3.63, 3.8) is 0 Å². The molecular formula is C24H30N6O3. The van der Waals surface area contributed by atoms with Gasteiger partial charge in [0.25, 0.3) is 5.56 Å². The Morgan fingerprint density at radius 1 is 1.12 bits per heavy atom. The normalized spacial score (nSPS) is 13.8. The maximum Gasteiger partial charge on any atom is 0.332 e. The second kappa shape index (κ2) is 10.5. The lowest BCUT2D eigenvalue weighted by atomic mass is 10.2. The summed E-state index contributed by atoms with van der Waals surface area (Å²) in [6.07, 6.45) is 0.630. The Bertz CT molecular complexity index is 1270. The number of nitrogens with one attached hydrogen (secondary N) is 1. The number of piperazine rings is 1. The number of nitrogens with zero attached hydrogens (tertiary/aromatic N) is 5. The van der Waals surface area contributed by atoms with E-state index in [0.717, 1.165) is 36.3 Å². The highest BCUT2D eigenvalue weighted by Crippen LogP contribution is 2.20. The van der Waals surface area contributed by atoms with Crippen molar-refractivity contribution >= 4 is 17.1 Å². The Kier molecular flexibility index (Phi) is 7.27. The summed E-state index contributed by atoms with van der Waals surface area (Å²) in [6, 6.07) is 9.97. The number of fused-ring (bicyclic) bond motifs is 1. The number of hydrogen-bond acceptors (Lipinski definition) is 6. The Morgan fingerprint density at radius 2 is 1.88 bits per heavy atom. The number of ether oxygens (including phenoxy) is 1. The number of aromatic nitrogens is 4. The molecule has 0 atom stereocenters. The van der Waals surface area contributed by atoms with Crippen LogP contribution in [0.4, 0.5) is 5.95 Å². The lowest BCUT2D eigenvalue weighted by Gasteiger charge is -2.28. The van der Waals surface area contributed by atoms with Crippen LogP contribution in [0.2, 0.25) is 0 Å². The maximum atomic E-state index is 13.1. The van der Waals surface area contributed by atoms with Gasteiger partial charge in [-0.25, -0.2) is 4.79 Å². The Labute approximate surface area is 192 Å². The van der Waals surface area contributed by atoms with Gasteiger partial charge in [-0.15, -0.1) is 5.92 Å². The smallest absolute Gasteiger partial charge is 0.332 e. The molecule has 0 bridgehead atoms. The molecule has 3 aromatic rings. The standard InChI is InChI=1S/C24H30N6O3/c1-3-4-13-29-20-21(26-23(29)28-15-11-25-12-16-28)30(24(32)27(2)22(20)31)14-8-17-33-18-19-9-6-5-7-10-19/h5-7,9-10,25H,8,11-18H2,1-2H3. The summed E-state index contributed by atoms with van der Waals surface area (Å²) < 4.78 is 10.4. The molecule has 0 radical (unpaired) electrons. The molecule has 33 heavy (non-hydrogen) atoms. The van der Waals surface area contributed by atoms with Crippen molar-refractivity contribution in [2.45, 2.75) is 33.0 Å². The number of rotatable bonds is 8. The average Bonchev–Trinajstić information content (AvgIpc) is 3.23. The second-order valence-electron chi connectivity index (χ2n) is 8.02. The Hall–Kier alpha value is -3.35. The molecule has 1 fully saturated rings. The van der Waals surface area contributed by atoms with Crippen molar-refractivity contribution in [2.24, 2.45) is 7.05 Å². The van der Waals surface area contributed by atoms with E-state index < -0.39 is 0 Å². The predicted molar refractivity (Wildman–Crippen MR) is 128 cm³/mol. The van der Waals surface area contributed by atoms with Crippen LogP contribution in [0.1, 0.15) is 18.9 Å². The van der Waals surface area contributed by atoms with Gasteiger partial charge in [0.05, 0.1) is 13.2 Å². The first kappa shape index (κ1) is 22.8. The zero-order chi connectivity index (χ0) is 23.2. The van der Waals surface area contributed by atoms with Gasteiger partial charge in [-0.05, 0) is 18.9 Å². The fourth-order valence-electron chi connectivity index (χ4n) is 4.05. The number of anilines is 1. The molecule has 4 rings (SSSR count). The molecule has 0 saturated carbocycles. The zero-order valence-electron chi connectivity index (χ0n) is 19.2. The van der Waals surface area contributed by atoms with E-state index in [1.165, 1.54) is 7.05 Å². The summed E-state index contributed by atoms with van der Waals surface area (Å²) in [5.74, 6) is 6.64. The third-order valence-corrected chi connectivity index (χ3v) is 5.81. The van der Waals surface area contributed by atoms with Gasteiger partial charge in [-0.3, -0.25) is 18.5 Å². The second-order valence-corrected chi connectivity index (χ2v) is 8.02. The molecule has 174 valence electrons. The lowest BCUT2D eigenvalue weighted by molar-refractivity contribution is 0.115. The first-order chi connectivity index (χ1) is 16.1. The van der Waals surface area contributed by atoms with Crippen molar-refractivity contribution in [2.75, 3.05) is 37.7 Å². The van der Waals surface area contributed by atoms with Crippen molar-refractivity contribution in [3.05, 3.63) is 56.7 Å². The number of imidazole rings is 1. The predicted octanol–water partition coefficient (Wildman–Crippen LogP) is 0.937. The van der Waals surface area contributed by atoms with Gasteiger partial charge in [0.1, 0.15) is 0 Å². The van der Waals surface area contributed by atoms with E-state index in [-0.39, 0.29) is 11.2 Å². The molecule has 0 amide bonds. The zero-order valence-corrected chi connectivity index (χ0v) is 19.2. The minimum absolute atomic E-state index is 0.347. The average molecular weight is 451 g/mol. The van der Waals surface area contributed by atoms with E-state index in [4.69, 9.17) is 9.72 Å². The fraction of sp³-hybridized carbons (Fsp3) is 0.458. The van der Waals surface area contributed by atoms with Crippen molar-refractivity contribution in [3.8, 4) is 11.8 Å². The molecule has 1 aliphatic heterocycles. The molecule has 2 aromatic heterocycles. The van der Waals surface area contributed by atoms with Crippen molar-refractivity contribution < 1.29 is 4.74 Å². The quantitative estimate of drug-likeness (QED) is 0.406. The molecule has 0 aliphatic carbocycles. The third-order valence-electron chi connectivity index (χ3n) is 5.81. The summed E-state index contributed by atoms with van der Waals surface area (Å²) in [5, 5.41) is 3.33. The van der Waals surface area contributed by atoms with Gasteiger partial charge in [-0.2, -0.15) is 4.98 Å². The van der Waals surface area contributed by atoms with Crippen LogP contribution in [0.15, 0.2) is 39.9 Å². The van der Waals surface area contributed by atoms with Crippen LogP contribution in [0, 0.1) is 11.8 Å². The summed E-state index contributed by atoms with van der Waals surface area (Å²) >= 11 is 0. The minimum atomic E-state index is -0.367. The van der Waals surface area contributed by atoms with Gasteiger partial charge in [-0.1, -0.05) is 36.3 Å². The Morgan fingerprint density at radius 3 is 2.61 bits per heavy atom. The highest BCUT2D eigenvalue weighted by atomic mass is 16.5. The van der Waals surface area contributed by atoms with E-state index in [1.807, 2.05) is 34.9 Å². The molecule has 9 nitrogen and oxygen atoms in total. The van der Waals surface area contributed by atoms with E-state index in [1.54, 1.807) is 11.5 Å². The molecule has 1 N–H and O–H groups in total. The number of hydrogen-bond donors (Lipinski definition) is 1. The lowest BCUT2D eigenvalue weighted by Crippen LogP contribution is -2.44. The Balaban J connectivity index is 1.64. The molecule has 0 spiro atoms. The molecular weight excluding hydrogens is 420 g/mol. The summed E-state index contributed by atoms with van der Waals surface area (Å²) in [6.45, 7) is 6.79. The van der Waals surface area contributed by atoms with Crippen LogP contribution in [-0.4, -0.2) is 51.5 Å². The molecule has 1 aliphatic rings. The van der Waals surface area contributed by atoms with E-state index >= 15 is 0 Å². The van der Waals surface area contributed by atoms with Crippen molar-refractivity contribution in [1.82, 2.24) is 24.0 Å². The van der Waals surface area contributed by atoms with Crippen LogP contribution in [0.25, 0.3) is 11.2 Å². The minimum Gasteiger partial charge on any atom is -0.377 e. The van der Waals surface area contributed by atoms with Crippen molar-refractivity contribution in [1.29, 1.82) is 0 Å². The number of aryl methyl sites for hydroxylation is 1. The first-order valence-corrected chi connectivity index (χ1v) is 11.3. The highest BCUT2D eigenvalue weighted by molar-refractivity contribution is 5.75. The van der Waals surface area contributed by atoms with Crippen LogP contribution < -0.4 is 21.5 Å². The first-order valence-electron chi connectivity index (χ1n) is 11.3.